The number of para-hydroxylation sites is 1. The van der Waals surface area contributed by atoms with Crippen LogP contribution in [0.1, 0.15) is 38.3 Å². The number of rotatable bonds is 5. The summed E-state index contributed by atoms with van der Waals surface area (Å²) >= 11 is 0. The van der Waals surface area contributed by atoms with Gasteiger partial charge in [0.25, 0.3) is 5.69 Å². The second-order valence-electron chi connectivity index (χ2n) is 5.44. The van der Waals surface area contributed by atoms with Crippen molar-refractivity contribution < 1.29 is 9.66 Å². The third-order valence-corrected chi connectivity index (χ3v) is 4.09. The van der Waals surface area contributed by atoms with E-state index in [1.54, 1.807) is 12.1 Å². The lowest BCUT2D eigenvalue weighted by Gasteiger charge is -2.30. The first-order chi connectivity index (χ1) is 9.59. The number of nitro benzene ring substituents is 1. The first kappa shape index (κ1) is 14.9. The standard InChI is InChI=1S/C15H22N2O3/c1-11(13-7-9-20-10-8-13)16-12(2)14-5-3-4-6-15(14)17(18)19/h3-6,11-13,16H,7-10H2,1-2H3. The minimum absolute atomic E-state index is 0.0329. The monoisotopic (exact) mass is 278 g/mol. The zero-order chi connectivity index (χ0) is 14.5. The molecule has 5 nitrogen and oxygen atoms in total. The molecule has 2 unspecified atom stereocenters. The maximum Gasteiger partial charge on any atom is 0.274 e. The van der Waals surface area contributed by atoms with Gasteiger partial charge in [0.2, 0.25) is 0 Å². The smallest absolute Gasteiger partial charge is 0.274 e. The first-order valence-corrected chi connectivity index (χ1v) is 7.16. The Morgan fingerprint density at radius 2 is 1.95 bits per heavy atom. The normalized spacial score (nSPS) is 19.5. The first-order valence-electron chi connectivity index (χ1n) is 7.16. The molecule has 1 aromatic rings. The third-order valence-electron chi connectivity index (χ3n) is 4.09. The van der Waals surface area contributed by atoms with E-state index in [0.717, 1.165) is 31.6 Å². The van der Waals surface area contributed by atoms with Crippen LogP contribution in [-0.4, -0.2) is 24.2 Å². The van der Waals surface area contributed by atoms with Crippen LogP contribution in [0.5, 0.6) is 0 Å². The summed E-state index contributed by atoms with van der Waals surface area (Å²) in [4.78, 5) is 10.8. The Labute approximate surface area is 119 Å². The van der Waals surface area contributed by atoms with Crippen molar-refractivity contribution in [2.75, 3.05) is 13.2 Å². The number of hydrogen-bond donors (Lipinski definition) is 1. The van der Waals surface area contributed by atoms with Crippen molar-refractivity contribution in [1.82, 2.24) is 5.32 Å². The van der Waals surface area contributed by atoms with Crippen molar-refractivity contribution in [2.24, 2.45) is 5.92 Å². The molecule has 1 heterocycles. The van der Waals surface area contributed by atoms with E-state index in [1.807, 2.05) is 19.1 Å². The van der Waals surface area contributed by atoms with E-state index >= 15 is 0 Å². The third kappa shape index (κ3) is 3.55. The van der Waals surface area contributed by atoms with Gasteiger partial charge in [-0.3, -0.25) is 10.1 Å². The molecule has 110 valence electrons. The summed E-state index contributed by atoms with van der Waals surface area (Å²) in [5.41, 5.74) is 0.933. The lowest BCUT2D eigenvalue weighted by Crippen LogP contribution is -2.38. The van der Waals surface area contributed by atoms with E-state index in [-0.39, 0.29) is 16.7 Å². The molecule has 1 aliphatic rings. The molecular formula is C15H22N2O3. The molecule has 0 bridgehead atoms. The topological polar surface area (TPSA) is 64.4 Å². The minimum atomic E-state index is -0.313. The maximum atomic E-state index is 11.1. The van der Waals surface area contributed by atoms with Crippen molar-refractivity contribution in [3.8, 4) is 0 Å². The Morgan fingerprint density at radius 3 is 2.60 bits per heavy atom. The van der Waals surface area contributed by atoms with Crippen LogP contribution in [0.2, 0.25) is 0 Å². The van der Waals surface area contributed by atoms with Gasteiger partial charge in [-0.05, 0) is 32.6 Å². The molecule has 1 aliphatic heterocycles. The van der Waals surface area contributed by atoms with Crippen LogP contribution in [0.4, 0.5) is 5.69 Å². The van der Waals surface area contributed by atoms with Gasteiger partial charge in [0, 0.05) is 36.9 Å². The van der Waals surface area contributed by atoms with E-state index in [9.17, 15) is 10.1 Å². The second kappa shape index (κ2) is 6.81. The maximum absolute atomic E-state index is 11.1. The molecule has 2 atom stereocenters. The highest BCUT2D eigenvalue weighted by Gasteiger charge is 2.24. The number of nitrogens with zero attached hydrogens (tertiary/aromatic N) is 1. The highest BCUT2D eigenvalue weighted by molar-refractivity contribution is 5.41. The molecule has 20 heavy (non-hydrogen) atoms. The Kier molecular flexibility index (Phi) is 5.09. The summed E-state index contributed by atoms with van der Waals surface area (Å²) in [6, 6.07) is 7.23. The number of ether oxygens (including phenoxy) is 1. The zero-order valence-electron chi connectivity index (χ0n) is 12.0. The quantitative estimate of drug-likeness (QED) is 0.664. The van der Waals surface area contributed by atoms with Crippen LogP contribution in [0.3, 0.4) is 0 Å². The molecule has 1 saturated heterocycles. The summed E-state index contributed by atoms with van der Waals surface area (Å²) in [5.74, 6) is 0.578. The molecule has 1 aromatic carbocycles. The fraction of sp³-hybridized carbons (Fsp3) is 0.600. The van der Waals surface area contributed by atoms with E-state index in [4.69, 9.17) is 4.74 Å². The van der Waals surface area contributed by atoms with Gasteiger partial charge in [-0.25, -0.2) is 0 Å². The number of benzene rings is 1. The van der Waals surface area contributed by atoms with Crippen LogP contribution < -0.4 is 5.32 Å². The van der Waals surface area contributed by atoms with Crippen LogP contribution >= 0.6 is 0 Å². The lowest BCUT2D eigenvalue weighted by atomic mass is 9.92. The van der Waals surface area contributed by atoms with Gasteiger partial charge in [-0.15, -0.1) is 0 Å². The molecule has 5 heteroatoms. The molecule has 0 spiro atoms. The van der Waals surface area contributed by atoms with E-state index in [2.05, 4.69) is 12.2 Å². The average molecular weight is 278 g/mol. The summed E-state index contributed by atoms with van der Waals surface area (Å²) < 4.78 is 5.37. The molecular weight excluding hydrogens is 256 g/mol. The Hall–Kier alpha value is -1.46. The zero-order valence-corrected chi connectivity index (χ0v) is 12.0. The molecule has 0 aliphatic carbocycles. The minimum Gasteiger partial charge on any atom is -0.381 e. The number of hydrogen-bond acceptors (Lipinski definition) is 4. The van der Waals surface area contributed by atoms with Gasteiger partial charge >= 0.3 is 0 Å². The Balaban J connectivity index is 2.04. The van der Waals surface area contributed by atoms with Crippen LogP contribution in [0, 0.1) is 16.0 Å². The predicted molar refractivity (Wildman–Crippen MR) is 77.7 cm³/mol. The van der Waals surface area contributed by atoms with Crippen LogP contribution in [0.25, 0.3) is 0 Å². The SMILES string of the molecule is CC(NC(C)C1CCOCC1)c1ccccc1[N+](=O)[O-]. The summed E-state index contributed by atoms with van der Waals surface area (Å²) in [6.45, 7) is 5.77. The van der Waals surface area contributed by atoms with Crippen LogP contribution in [0.15, 0.2) is 24.3 Å². The number of nitrogens with one attached hydrogen (secondary N) is 1. The summed E-state index contributed by atoms with van der Waals surface area (Å²) in [6.07, 6.45) is 2.11. The number of nitro groups is 1. The van der Waals surface area contributed by atoms with E-state index in [1.165, 1.54) is 0 Å². The van der Waals surface area contributed by atoms with Crippen molar-refractivity contribution in [3.63, 3.8) is 0 Å². The molecule has 0 saturated carbocycles. The summed E-state index contributed by atoms with van der Waals surface area (Å²) in [5, 5.41) is 14.6. The Bertz CT molecular complexity index is 458. The molecule has 0 radical (unpaired) electrons. The van der Waals surface area contributed by atoms with E-state index < -0.39 is 0 Å². The predicted octanol–water partition coefficient (Wildman–Crippen LogP) is 3.06. The fourth-order valence-corrected chi connectivity index (χ4v) is 2.86. The second-order valence-corrected chi connectivity index (χ2v) is 5.44. The van der Waals surface area contributed by atoms with E-state index in [0.29, 0.717) is 12.0 Å². The molecule has 0 amide bonds. The Morgan fingerprint density at radius 1 is 1.30 bits per heavy atom. The van der Waals surface area contributed by atoms with Gasteiger partial charge in [0.15, 0.2) is 0 Å². The molecule has 1 fully saturated rings. The lowest BCUT2D eigenvalue weighted by molar-refractivity contribution is -0.385. The molecule has 1 N–H and O–H groups in total. The fourth-order valence-electron chi connectivity index (χ4n) is 2.86. The van der Waals surface area contributed by atoms with Crippen LogP contribution in [-0.2, 0) is 4.74 Å². The summed E-state index contributed by atoms with van der Waals surface area (Å²) in [7, 11) is 0. The highest BCUT2D eigenvalue weighted by atomic mass is 16.6. The van der Waals surface area contributed by atoms with Gasteiger partial charge < -0.3 is 10.1 Å². The van der Waals surface area contributed by atoms with Gasteiger partial charge in [0.1, 0.15) is 0 Å². The van der Waals surface area contributed by atoms with Crippen molar-refractivity contribution in [3.05, 3.63) is 39.9 Å². The molecule has 0 aromatic heterocycles. The van der Waals surface area contributed by atoms with Crippen molar-refractivity contribution in [1.29, 1.82) is 0 Å². The van der Waals surface area contributed by atoms with Gasteiger partial charge in [-0.2, -0.15) is 0 Å². The van der Waals surface area contributed by atoms with Crippen molar-refractivity contribution >= 4 is 5.69 Å². The average Bonchev–Trinajstić information content (AvgIpc) is 2.48. The molecule has 2 rings (SSSR count). The van der Waals surface area contributed by atoms with Gasteiger partial charge in [-0.1, -0.05) is 18.2 Å². The van der Waals surface area contributed by atoms with Gasteiger partial charge in [0.05, 0.1) is 4.92 Å². The van der Waals surface area contributed by atoms with Crippen molar-refractivity contribution in [2.45, 2.75) is 38.8 Å². The highest BCUT2D eigenvalue weighted by Crippen LogP contribution is 2.26. The largest absolute Gasteiger partial charge is 0.381 e.